The number of aliphatic hydroxyl groups is 1. The first-order valence-corrected chi connectivity index (χ1v) is 8.27. The van der Waals surface area contributed by atoms with Gasteiger partial charge in [-0.25, -0.2) is 9.78 Å². The van der Waals surface area contributed by atoms with Gasteiger partial charge in [0.15, 0.2) is 0 Å². The number of rotatable bonds is 7. The molecule has 0 aliphatic carbocycles. The van der Waals surface area contributed by atoms with Crippen molar-refractivity contribution < 1.29 is 32.6 Å². The van der Waals surface area contributed by atoms with E-state index in [1.54, 1.807) is 20.8 Å². The number of imidazole rings is 1. The summed E-state index contributed by atoms with van der Waals surface area (Å²) in [5.74, 6) is -1.13. The molecular weight excluding hydrogens is 369 g/mol. The fourth-order valence-corrected chi connectivity index (χ4v) is 2.21. The van der Waals surface area contributed by atoms with Crippen molar-refractivity contribution in [3.05, 3.63) is 18.2 Å². The van der Waals surface area contributed by atoms with Crippen LogP contribution in [0.15, 0.2) is 12.4 Å². The topological polar surface area (TPSA) is 105 Å². The number of ether oxygens (including phenoxy) is 1. The number of nitrogens with one attached hydrogen (secondary N) is 2. The number of alkyl halides is 3. The van der Waals surface area contributed by atoms with Crippen LogP contribution in [0.4, 0.5) is 18.0 Å². The van der Waals surface area contributed by atoms with Crippen LogP contribution in [-0.4, -0.2) is 51.5 Å². The summed E-state index contributed by atoms with van der Waals surface area (Å²) >= 11 is 0. The molecule has 0 saturated heterocycles. The Hall–Kier alpha value is -2.30. The van der Waals surface area contributed by atoms with Crippen LogP contribution < -0.4 is 10.6 Å². The zero-order chi connectivity index (χ0) is 20.9. The summed E-state index contributed by atoms with van der Waals surface area (Å²) in [5.41, 5.74) is -3.87. The highest BCUT2D eigenvalue weighted by Gasteiger charge is 2.57. The molecule has 3 N–H and O–H groups in total. The van der Waals surface area contributed by atoms with Crippen molar-refractivity contribution in [2.24, 2.45) is 7.05 Å². The zero-order valence-electron chi connectivity index (χ0n) is 15.7. The molecule has 0 saturated carbocycles. The number of carbonyl (C=O) groups excluding carboxylic acids is 2. The number of alkyl carbamates (subject to hydrolysis) is 1. The lowest BCUT2D eigenvalue weighted by molar-refractivity contribution is -0.272. The lowest BCUT2D eigenvalue weighted by Gasteiger charge is -2.30. The molecule has 1 unspecified atom stereocenters. The number of aryl methyl sites for hydroxylation is 1. The van der Waals surface area contributed by atoms with Gasteiger partial charge >= 0.3 is 12.3 Å². The van der Waals surface area contributed by atoms with E-state index >= 15 is 0 Å². The normalized spacial score (nSPS) is 14.4. The largest absolute Gasteiger partial charge is 0.444 e. The standard InChI is InChI=1S/C16H25F3N4O4/c1-14(2,3)27-13(25)22-7-5-11(24)20-8-6-15(26,16(17,18)19)12-21-9-10-23(12)4/h9-10,26H,5-8H2,1-4H3,(H,20,24)(H,22,25). The number of hydrogen-bond donors (Lipinski definition) is 3. The van der Waals surface area contributed by atoms with Crippen molar-refractivity contribution in [2.75, 3.05) is 13.1 Å². The van der Waals surface area contributed by atoms with Gasteiger partial charge in [0.25, 0.3) is 0 Å². The molecule has 11 heteroatoms. The minimum atomic E-state index is -4.96. The number of nitrogens with zero attached hydrogens (tertiary/aromatic N) is 2. The molecule has 0 aliphatic rings. The molecule has 0 aliphatic heterocycles. The van der Waals surface area contributed by atoms with Crippen molar-refractivity contribution in [3.63, 3.8) is 0 Å². The van der Waals surface area contributed by atoms with Crippen LogP contribution in [-0.2, 0) is 22.2 Å². The summed E-state index contributed by atoms with van der Waals surface area (Å²) in [6.07, 6.45) is -4.18. The maximum atomic E-state index is 13.3. The SMILES string of the molecule is Cn1ccnc1C(O)(CCNC(=O)CCNC(=O)OC(C)(C)C)C(F)(F)F. The predicted octanol–water partition coefficient (Wildman–Crippen LogP) is 1.59. The van der Waals surface area contributed by atoms with Crippen LogP contribution in [0.5, 0.6) is 0 Å². The van der Waals surface area contributed by atoms with Crippen LogP contribution in [0.1, 0.15) is 39.4 Å². The molecule has 1 aromatic rings. The molecule has 0 fully saturated rings. The maximum absolute atomic E-state index is 13.3. The van der Waals surface area contributed by atoms with Crippen LogP contribution in [0.2, 0.25) is 0 Å². The lowest BCUT2D eigenvalue weighted by atomic mass is 9.97. The monoisotopic (exact) mass is 394 g/mol. The van der Waals surface area contributed by atoms with Gasteiger partial charge in [-0.15, -0.1) is 0 Å². The van der Waals surface area contributed by atoms with Gasteiger partial charge in [0.05, 0.1) is 0 Å². The van der Waals surface area contributed by atoms with Crippen molar-refractivity contribution in [1.82, 2.24) is 20.2 Å². The molecule has 1 atom stereocenters. The van der Waals surface area contributed by atoms with Crippen LogP contribution in [0, 0.1) is 0 Å². The fourth-order valence-electron chi connectivity index (χ4n) is 2.21. The first-order chi connectivity index (χ1) is 12.3. The second-order valence-electron chi connectivity index (χ2n) is 7.00. The van der Waals surface area contributed by atoms with E-state index in [1.807, 2.05) is 0 Å². The Morgan fingerprint density at radius 2 is 1.85 bits per heavy atom. The van der Waals surface area contributed by atoms with Gasteiger partial charge in [-0.05, 0) is 20.8 Å². The van der Waals surface area contributed by atoms with Crippen molar-refractivity contribution in [3.8, 4) is 0 Å². The van der Waals surface area contributed by atoms with E-state index in [0.29, 0.717) is 0 Å². The number of amides is 2. The summed E-state index contributed by atoms with van der Waals surface area (Å²) in [6, 6.07) is 0. The quantitative estimate of drug-likeness (QED) is 0.651. The van der Waals surface area contributed by atoms with E-state index in [1.165, 1.54) is 13.2 Å². The number of carbonyl (C=O) groups is 2. The number of hydrogen-bond acceptors (Lipinski definition) is 5. The zero-order valence-corrected chi connectivity index (χ0v) is 15.7. The third-order valence-corrected chi connectivity index (χ3v) is 3.49. The Morgan fingerprint density at radius 1 is 1.22 bits per heavy atom. The summed E-state index contributed by atoms with van der Waals surface area (Å²) in [4.78, 5) is 26.7. The van der Waals surface area contributed by atoms with E-state index in [9.17, 15) is 27.9 Å². The molecule has 1 rings (SSSR count). The summed E-state index contributed by atoms with van der Waals surface area (Å²) < 4.78 is 46.0. The Labute approximate surface area is 155 Å². The van der Waals surface area contributed by atoms with Crippen LogP contribution in [0.25, 0.3) is 0 Å². The van der Waals surface area contributed by atoms with E-state index in [0.717, 1.165) is 10.8 Å². The molecule has 154 valence electrons. The summed E-state index contributed by atoms with van der Waals surface area (Å²) in [6.45, 7) is 4.59. The average Bonchev–Trinajstić information content (AvgIpc) is 2.90. The van der Waals surface area contributed by atoms with Crippen molar-refractivity contribution in [1.29, 1.82) is 0 Å². The van der Waals surface area contributed by atoms with E-state index < -0.39 is 48.2 Å². The Bertz CT molecular complexity index is 655. The van der Waals surface area contributed by atoms with Crippen molar-refractivity contribution in [2.45, 2.75) is 51.0 Å². The highest BCUT2D eigenvalue weighted by molar-refractivity contribution is 5.77. The average molecular weight is 394 g/mol. The first kappa shape index (κ1) is 22.7. The van der Waals surface area contributed by atoms with E-state index in [4.69, 9.17) is 4.74 Å². The molecule has 0 aromatic carbocycles. The van der Waals surface area contributed by atoms with Crippen LogP contribution >= 0.6 is 0 Å². The molecule has 0 spiro atoms. The Kier molecular flexibility index (Phi) is 7.24. The predicted molar refractivity (Wildman–Crippen MR) is 89.6 cm³/mol. The molecule has 1 heterocycles. The molecule has 0 bridgehead atoms. The Balaban J connectivity index is 2.49. The number of halogens is 3. The minimum Gasteiger partial charge on any atom is -0.444 e. The molecule has 27 heavy (non-hydrogen) atoms. The van der Waals surface area contributed by atoms with E-state index in [2.05, 4.69) is 15.6 Å². The second-order valence-corrected chi connectivity index (χ2v) is 7.00. The van der Waals surface area contributed by atoms with Gasteiger partial charge in [0.1, 0.15) is 11.4 Å². The molecule has 2 amide bonds. The molecular formula is C16H25F3N4O4. The van der Waals surface area contributed by atoms with Crippen molar-refractivity contribution >= 4 is 12.0 Å². The smallest absolute Gasteiger partial charge is 0.424 e. The first-order valence-electron chi connectivity index (χ1n) is 8.27. The fraction of sp³-hybridized carbons (Fsp3) is 0.688. The summed E-state index contributed by atoms with van der Waals surface area (Å²) in [7, 11) is 1.33. The highest BCUT2D eigenvalue weighted by atomic mass is 19.4. The minimum absolute atomic E-state index is 0.0380. The summed E-state index contributed by atoms with van der Waals surface area (Å²) in [5, 5.41) is 14.8. The molecule has 0 radical (unpaired) electrons. The van der Waals surface area contributed by atoms with Gasteiger partial charge in [-0.2, -0.15) is 13.2 Å². The third kappa shape index (κ3) is 6.74. The van der Waals surface area contributed by atoms with E-state index in [-0.39, 0.29) is 13.0 Å². The number of aromatic nitrogens is 2. The maximum Gasteiger partial charge on any atom is 0.424 e. The van der Waals surface area contributed by atoms with Gasteiger partial charge in [-0.3, -0.25) is 4.79 Å². The van der Waals surface area contributed by atoms with Gasteiger partial charge in [0, 0.05) is 45.4 Å². The van der Waals surface area contributed by atoms with Gasteiger partial charge in [0.2, 0.25) is 11.5 Å². The van der Waals surface area contributed by atoms with Gasteiger partial charge < -0.3 is 25.0 Å². The Morgan fingerprint density at radius 3 is 2.33 bits per heavy atom. The molecule has 1 aromatic heterocycles. The second kappa shape index (κ2) is 8.59. The highest BCUT2D eigenvalue weighted by Crippen LogP contribution is 2.40. The van der Waals surface area contributed by atoms with Gasteiger partial charge in [-0.1, -0.05) is 0 Å². The third-order valence-electron chi connectivity index (χ3n) is 3.49. The van der Waals surface area contributed by atoms with Crippen LogP contribution in [0.3, 0.4) is 0 Å². The lowest BCUT2D eigenvalue weighted by Crippen LogP contribution is -2.46. The molecule has 8 nitrogen and oxygen atoms in total.